The predicted octanol–water partition coefficient (Wildman–Crippen LogP) is 2.54. The predicted molar refractivity (Wildman–Crippen MR) is 58.3 cm³/mol. The van der Waals surface area contributed by atoms with Crippen LogP contribution in [0.3, 0.4) is 0 Å². The van der Waals surface area contributed by atoms with Crippen LogP contribution >= 0.6 is 0 Å². The molecule has 1 aromatic heterocycles. The zero-order valence-corrected chi connectivity index (χ0v) is 8.78. The molecule has 0 bridgehead atoms. The van der Waals surface area contributed by atoms with Gasteiger partial charge in [-0.2, -0.15) is 0 Å². The SMILES string of the molecule is Cc1ccc2c([C@@H](C)O)cn(C)c2c1. The molecular formula is C12H15NO. The number of nitrogens with zero attached hydrogens (tertiary/aromatic N) is 1. The Labute approximate surface area is 83.8 Å². The number of hydrogen-bond acceptors (Lipinski definition) is 1. The Hall–Kier alpha value is -1.28. The highest BCUT2D eigenvalue weighted by Gasteiger charge is 2.10. The van der Waals surface area contributed by atoms with Gasteiger partial charge in [0.1, 0.15) is 0 Å². The van der Waals surface area contributed by atoms with Crippen molar-refractivity contribution >= 4 is 10.9 Å². The average molecular weight is 189 g/mol. The summed E-state index contributed by atoms with van der Waals surface area (Å²) < 4.78 is 2.06. The first kappa shape index (κ1) is 9.28. The van der Waals surface area contributed by atoms with Crippen LogP contribution in [-0.4, -0.2) is 9.67 Å². The molecule has 2 heteroatoms. The number of aliphatic hydroxyl groups excluding tert-OH is 1. The van der Waals surface area contributed by atoms with Crippen molar-refractivity contribution in [3.8, 4) is 0 Å². The van der Waals surface area contributed by atoms with Crippen molar-refractivity contribution in [2.75, 3.05) is 0 Å². The maximum absolute atomic E-state index is 9.59. The van der Waals surface area contributed by atoms with Gasteiger partial charge in [-0.05, 0) is 25.5 Å². The molecule has 0 aliphatic rings. The second-order valence-electron chi connectivity index (χ2n) is 3.89. The van der Waals surface area contributed by atoms with Crippen molar-refractivity contribution < 1.29 is 5.11 Å². The van der Waals surface area contributed by atoms with E-state index in [9.17, 15) is 5.11 Å². The van der Waals surface area contributed by atoms with Crippen LogP contribution in [0.5, 0.6) is 0 Å². The summed E-state index contributed by atoms with van der Waals surface area (Å²) in [5.74, 6) is 0. The lowest BCUT2D eigenvalue weighted by Gasteiger charge is -2.01. The molecule has 1 N–H and O–H groups in total. The Morgan fingerprint density at radius 3 is 2.71 bits per heavy atom. The fraction of sp³-hybridized carbons (Fsp3) is 0.333. The van der Waals surface area contributed by atoms with Crippen LogP contribution in [0.2, 0.25) is 0 Å². The van der Waals surface area contributed by atoms with E-state index in [1.54, 1.807) is 6.92 Å². The minimum Gasteiger partial charge on any atom is -0.389 e. The standard InChI is InChI=1S/C12H15NO/c1-8-4-5-10-11(9(2)14)7-13(3)12(10)6-8/h4-7,9,14H,1-3H3/t9-/m1/s1. The molecule has 0 fully saturated rings. The highest BCUT2D eigenvalue weighted by molar-refractivity contribution is 5.84. The molecule has 74 valence electrons. The summed E-state index contributed by atoms with van der Waals surface area (Å²) in [6.07, 6.45) is 1.59. The van der Waals surface area contributed by atoms with Gasteiger partial charge in [-0.25, -0.2) is 0 Å². The van der Waals surface area contributed by atoms with Crippen molar-refractivity contribution in [2.24, 2.45) is 7.05 Å². The van der Waals surface area contributed by atoms with Crippen LogP contribution in [0.25, 0.3) is 10.9 Å². The zero-order valence-electron chi connectivity index (χ0n) is 8.78. The van der Waals surface area contributed by atoms with Crippen LogP contribution in [0.1, 0.15) is 24.2 Å². The Balaban J connectivity index is 2.77. The van der Waals surface area contributed by atoms with Crippen LogP contribution in [0, 0.1) is 6.92 Å². The highest BCUT2D eigenvalue weighted by atomic mass is 16.3. The molecule has 0 saturated carbocycles. The molecule has 2 nitrogen and oxygen atoms in total. The van der Waals surface area contributed by atoms with Gasteiger partial charge < -0.3 is 9.67 Å². The minimum atomic E-state index is -0.401. The van der Waals surface area contributed by atoms with Gasteiger partial charge in [-0.15, -0.1) is 0 Å². The Morgan fingerprint density at radius 1 is 1.36 bits per heavy atom. The zero-order chi connectivity index (χ0) is 10.3. The first-order valence-electron chi connectivity index (χ1n) is 4.83. The van der Waals surface area contributed by atoms with E-state index in [0.29, 0.717) is 0 Å². The molecule has 0 saturated heterocycles. The second kappa shape index (κ2) is 3.14. The topological polar surface area (TPSA) is 25.2 Å². The fourth-order valence-corrected chi connectivity index (χ4v) is 1.86. The van der Waals surface area contributed by atoms with E-state index in [-0.39, 0.29) is 0 Å². The molecule has 0 amide bonds. The summed E-state index contributed by atoms with van der Waals surface area (Å²) >= 11 is 0. The monoisotopic (exact) mass is 189 g/mol. The van der Waals surface area contributed by atoms with Gasteiger partial charge in [0.05, 0.1) is 6.10 Å². The molecule has 0 aliphatic heterocycles. The lowest BCUT2D eigenvalue weighted by molar-refractivity contribution is 0.200. The fourth-order valence-electron chi connectivity index (χ4n) is 1.86. The van der Waals surface area contributed by atoms with E-state index in [1.165, 1.54) is 11.1 Å². The normalized spacial score (nSPS) is 13.4. The van der Waals surface area contributed by atoms with Gasteiger partial charge in [-0.3, -0.25) is 0 Å². The summed E-state index contributed by atoms with van der Waals surface area (Å²) in [6, 6.07) is 6.29. The second-order valence-corrected chi connectivity index (χ2v) is 3.89. The Kier molecular flexibility index (Phi) is 2.08. The number of fused-ring (bicyclic) bond motifs is 1. The third-order valence-electron chi connectivity index (χ3n) is 2.63. The van der Waals surface area contributed by atoms with Crippen LogP contribution < -0.4 is 0 Å². The quantitative estimate of drug-likeness (QED) is 0.732. The van der Waals surface area contributed by atoms with Crippen LogP contribution in [0.4, 0.5) is 0 Å². The number of aryl methyl sites for hydroxylation is 2. The highest BCUT2D eigenvalue weighted by Crippen LogP contribution is 2.26. The van der Waals surface area contributed by atoms with Gasteiger partial charge in [0.2, 0.25) is 0 Å². The Bertz CT molecular complexity index is 468. The minimum absolute atomic E-state index is 0.401. The van der Waals surface area contributed by atoms with Crippen molar-refractivity contribution in [1.82, 2.24) is 4.57 Å². The lowest BCUT2D eigenvalue weighted by Crippen LogP contribution is -1.88. The first-order chi connectivity index (χ1) is 6.59. The van der Waals surface area contributed by atoms with E-state index >= 15 is 0 Å². The van der Waals surface area contributed by atoms with Gasteiger partial charge in [-0.1, -0.05) is 12.1 Å². The summed E-state index contributed by atoms with van der Waals surface area (Å²) in [6.45, 7) is 3.88. The van der Waals surface area contributed by atoms with E-state index in [4.69, 9.17) is 0 Å². The van der Waals surface area contributed by atoms with E-state index in [1.807, 2.05) is 13.2 Å². The molecule has 0 aliphatic carbocycles. The van der Waals surface area contributed by atoms with Gasteiger partial charge in [0.25, 0.3) is 0 Å². The summed E-state index contributed by atoms with van der Waals surface area (Å²) in [5, 5.41) is 10.7. The lowest BCUT2D eigenvalue weighted by atomic mass is 10.1. The number of aromatic nitrogens is 1. The maximum atomic E-state index is 9.59. The van der Waals surface area contributed by atoms with Gasteiger partial charge in [0, 0.05) is 29.7 Å². The van der Waals surface area contributed by atoms with E-state index in [2.05, 4.69) is 29.7 Å². The molecule has 1 atom stereocenters. The smallest absolute Gasteiger partial charge is 0.0782 e. The molecular weight excluding hydrogens is 174 g/mol. The number of rotatable bonds is 1. The van der Waals surface area contributed by atoms with Crippen molar-refractivity contribution in [2.45, 2.75) is 20.0 Å². The molecule has 0 unspecified atom stereocenters. The van der Waals surface area contributed by atoms with Crippen molar-refractivity contribution in [1.29, 1.82) is 0 Å². The van der Waals surface area contributed by atoms with Crippen molar-refractivity contribution in [3.05, 3.63) is 35.5 Å². The third kappa shape index (κ3) is 1.32. The maximum Gasteiger partial charge on any atom is 0.0782 e. The van der Waals surface area contributed by atoms with E-state index in [0.717, 1.165) is 10.9 Å². The van der Waals surface area contributed by atoms with Crippen molar-refractivity contribution in [3.63, 3.8) is 0 Å². The average Bonchev–Trinajstić information content (AvgIpc) is 2.44. The van der Waals surface area contributed by atoms with Crippen LogP contribution in [0.15, 0.2) is 24.4 Å². The number of benzene rings is 1. The van der Waals surface area contributed by atoms with E-state index < -0.39 is 6.10 Å². The molecule has 1 heterocycles. The molecule has 14 heavy (non-hydrogen) atoms. The van der Waals surface area contributed by atoms with Gasteiger partial charge >= 0.3 is 0 Å². The number of aliphatic hydroxyl groups is 1. The first-order valence-corrected chi connectivity index (χ1v) is 4.83. The molecule has 2 rings (SSSR count). The number of hydrogen-bond donors (Lipinski definition) is 1. The third-order valence-corrected chi connectivity index (χ3v) is 2.63. The molecule has 0 spiro atoms. The van der Waals surface area contributed by atoms with Gasteiger partial charge in [0.15, 0.2) is 0 Å². The molecule has 2 aromatic rings. The summed E-state index contributed by atoms with van der Waals surface area (Å²) in [7, 11) is 2.01. The Morgan fingerprint density at radius 2 is 2.07 bits per heavy atom. The molecule has 0 radical (unpaired) electrons. The molecule has 1 aromatic carbocycles. The summed E-state index contributed by atoms with van der Waals surface area (Å²) in [4.78, 5) is 0. The van der Waals surface area contributed by atoms with Crippen LogP contribution in [-0.2, 0) is 7.05 Å². The summed E-state index contributed by atoms with van der Waals surface area (Å²) in [5.41, 5.74) is 3.43. The largest absolute Gasteiger partial charge is 0.389 e.